The maximum atomic E-state index is 13.7. The number of aliphatic hydroxyl groups excluding tert-OH is 2. The van der Waals surface area contributed by atoms with Gasteiger partial charge >= 0.3 is 70.4 Å². The molecule has 430 valence electrons. The van der Waals surface area contributed by atoms with Crippen LogP contribution in [-0.4, -0.2) is 160 Å². The minimum atomic E-state index is -6.72. The van der Waals surface area contributed by atoms with Crippen LogP contribution in [0.15, 0.2) is 23.8 Å². The third-order valence-electron chi connectivity index (χ3n) is 9.16. The van der Waals surface area contributed by atoms with Gasteiger partial charge in [-0.05, 0) is 0 Å². The first-order valence-corrected chi connectivity index (χ1v) is 32.6. The number of nitrogens with two attached hydrogens (primary N) is 1. The smallest absolute Gasteiger partial charge is 0.387 e. The van der Waals surface area contributed by atoms with E-state index >= 15 is 0 Å². The molecule has 4 aromatic rings. The van der Waals surface area contributed by atoms with Gasteiger partial charge in [-0.2, -0.15) is 30.8 Å². The monoisotopic (exact) mass is 1280 g/mol. The highest BCUT2D eigenvalue weighted by molar-refractivity contribution is 7.68. The Kier molecular flexibility index (Phi) is 18.6. The van der Waals surface area contributed by atoms with Crippen LogP contribution in [0.3, 0.4) is 0 Å². The summed E-state index contributed by atoms with van der Waals surface area (Å²) in [6.45, 7) is -3.19. The molecule has 16 N–H and O–H groups in total. The molecule has 0 spiro atoms. The zero-order chi connectivity index (χ0) is 57.2. The average molecular weight is 1280 g/mol. The van der Waals surface area contributed by atoms with Gasteiger partial charge in [0.25, 0.3) is 5.56 Å². The molecule has 45 nitrogen and oxygen atoms in total. The molecule has 0 amide bonds. The second kappa shape index (κ2) is 22.5. The van der Waals surface area contributed by atoms with Crippen LogP contribution in [0.5, 0.6) is 0 Å². The van der Waals surface area contributed by atoms with Gasteiger partial charge in [0.2, 0.25) is 5.95 Å². The van der Waals surface area contributed by atoms with E-state index in [2.05, 4.69) is 65.1 Å². The van der Waals surface area contributed by atoms with Crippen molar-refractivity contribution in [2.24, 2.45) is 7.05 Å². The van der Waals surface area contributed by atoms with Gasteiger partial charge in [-0.3, -0.25) is 36.6 Å². The van der Waals surface area contributed by atoms with E-state index in [9.17, 15) is 90.3 Å². The van der Waals surface area contributed by atoms with E-state index in [0.717, 1.165) is 24.3 Å². The van der Waals surface area contributed by atoms with Crippen LogP contribution >= 0.6 is 70.4 Å². The molecule has 2 aliphatic rings. The highest BCUT2D eigenvalue weighted by atomic mass is 31.3. The number of hydrogen-bond donors (Lipinski definition) is 15. The van der Waals surface area contributed by atoms with Crippen molar-refractivity contribution in [3.63, 3.8) is 0 Å². The number of fused-ring (bicyclic) bond motifs is 2. The summed E-state index contributed by atoms with van der Waals surface area (Å²) in [5.74, 6) is -0.438. The standard InChI is InChI=1S/C22H37N10O35P9/c1-24-16-10-17(26-5-25-16)31(6-27-10)20-13(34)12(33)8(58-20)3-56-70(42,43)65-76(54,55)67-73(48,49)61-15-14(60-72(46,47)66-75(52,53)63-69(39,40)41)9(4-57-71(44,45)64-74(50,51)62-68(36,37)38)59-21(15)32-7-28-11-18(32)29-22(23)30(2)19(11)35/h5-9,12-15,20-21,33-34H,3-4H2,1-2H3,(H2,23,29)(H,42,43)(H,44,45)(H,46,47)(H,48,49)(H,50,51)(H,52,53)(H,54,55)(H,24,25,26)(H2,36,37,38)(H2,39,40,41)/t8-,9-,12-,13-,14-,15-,20-,21-/m1/s1. The number of nitrogen functional groups attached to an aromatic ring is 1. The number of nitrogens with one attached hydrogen (secondary N) is 1. The van der Waals surface area contributed by atoms with Crippen LogP contribution in [0, 0.1) is 0 Å². The van der Waals surface area contributed by atoms with Gasteiger partial charge in [-0.15, -0.1) is 0 Å². The molecule has 0 radical (unpaired) electrons. The molecule has 76 heavy (non-hydrogen) atoms. The molecule has 2 saturated heterocycles. The Hall–Kier alpha value is -2.43. The first-order chi connectivity index (χ1) is 34.5. The third-order valence-corrected chi connectivity index (χ3v) is 21.1. The van der Waals surface area contributed by atoms with Crippen molar-refractivity contribution < 1.29 is 159 Å². The number of hydrogen-bond acceptors (Lipinski definition) is 31. The number of imidazole rings is 2. The molecule has 6 rings (SSSR count). The van der Waals surface area contributed by atoms with E-state index in [1.54, 1.807) is 0 Å². The molecule has 6 heterocycles. The Bertz CT molecular complexity index is 3360. The zero-order valence-electron chi connectivity index (χ0n) is 36.7. The van der Waals surface area contributed by atoms with Gasteiger partial charge in [0.1, 0.15) is 48.5 Å². The Morgan fingerprint density at radius 1 is 0.579 bits per heavy atom. The van der Waals surface area contributed by atoms with E-state index < -0.39 is 155 Å². The van der Waals surface area contributed by atoms with Crippen LogP contribution in [0.25, 0.3) is 22.3 Å². The second-order valence-corrected chi connectivity index (χ2v) is 27.9. The van der Waals surface area contributed by atoms with Crippen molar-refractivity contribution in [3.05, 3.63) is 29.3 Å². The third kappa shape index (κ3) is 15.9. The number of nitrogens with zero attached hydrogens (tertiary/aromatic N) is 8. The summed E-state index contributed by atoms with van der Waals surface area (Å²) >= 11 is 0. The molecule has 2 aliphatic heterocycles. The van der Waals surface area contributed by atoms with Gasteiger partial charge in [-0.25, -0.2) is 61.0 Å². The summed E-state index contributed by atoms with van der Waals surface area (Å²) in [6.07, 6.45) is -15.8. The molecule has 0 aromatic carbocycles. The Labute approximate surface area is 417 Å². The number of rotatable bonds is 25. The lowest BCUT2D eigenvalue weighted by atomic mass is 10.1. The summed E-state index contributed by atoms with van der Waals surface area (Å²) in [6, 6.07) is 0. The SMILES string of the molecule is CNc1ncnc2c1ncn2[C@@H]1O[C@H](COP(=O)(O)OP(=O)(O)OP(=O)(O)O[C@@H]2[C@H](OP(=O)(O)OP(=O)(O)OP(=O)(O)O)[C@@H](COP(=O)(O)OP(=O)(O)OP(=O)(O)O)O[C@H]2n2cnc3c(=O)n(C)c(N)nc32)[C@@H](O)[C@H]1O. The van der Waals surface area contributed by atoms with Crippen molar-refractivity contribution in [2.75, 3.05) is 31.3 Å². The first kappa shape index (κ1) is 62.8. The molecule has 54 heteroatoms. The minimum absolute atomic E-state index is 0.0439. The van der Waals surface area contributed by atoms with Crippen LogP contribution in [0.2, 0.25) is 0 Å². The van der Waals surface area contributed by atoms with Crippen molar-refractivity contribution in [3.8, 4) is 0 Å². The predicted octanol–water partition coefficient (Wildman–Crippen LogP) is -2.10. The largest absolute Gasteiger partial charge is 0.490 e. The molecule has 0 bridgehead atoms. The molecule has 0 saturated carbocycles. The van der Waals surface area contributed by atoms with Gasteiger partial charge in [0, 0.05) is 14.1 Å². The maximum Gasteiger partial charge on any atom is 0.490 e. The summed E-state index contributed by atoms with van der Waals surface area (Å²) in [5.41, 5.74) is 3.43. The first-order valence-electron chi connectivity index (χ1n) is 19.1. The fourth-order valence-electron chi connectivity index (χ4n) is 6.44. The number of anilines is 2. The summed E-state index contributed by atoms with van der Waals surface area (Å²) in [4.78, 5) is 140. The lowest BCUT2D eigenvalue weighted by Gasteiger charge is -2.28. The van der Waals surface area contributed by atoms with E-state index in [4.69, 9.17) is 43.8 Å². The highest BCUT2D eigenvalue weighted by Gasteiger charge is 2.57. The Morgan fingerprint density at radius 3 is 1.54 bits per heavy atom. The van der Waals surface area contributed by atoms with Crippen molar-refractivity contribution in [2.45, 2.75) is 49.1 Å². The number of ether oxygens (including phenoxy) is 2. The van der Waals surface area contributed by atoms with Gasteiger partial charge < -0.3 is 84.6 Å². The molecule has 0 aliphatic carbocycles. The normalized spacial score (nSPS) is 28.2. The zero-order valence-corrected chi connectivity index (χ0v) is 44.8. The van der Waals surface area contributed by atoms with Crippen LogP contribution in [0.4, 0.5) is 11.8 Å². The molecule has 2 fully saturated rings. The quantitative estimate of drug-likeness (QED) is 0.0316. The van der Waals surface area contributed by atoms with Gasteiger partial charge in [0.05, 0.1) is 25.9 Å². The van der Waals surface area contributed by atoms with E-state index in [1.165, 1.54) is 7.05 Å². The van der Waals surface area contributed by atoms with Crippen molar-refractivity contribution in [1.29, 1.82) is 0 Å². The highest BCUT2D eigenvalue weighted by Crippen LogP contribution is 2.71. The number of aliphatic hydroxyl groups is 2. The Morgan fingerprint density at radius 2 is 1.03 bits per heavy atom. The van der Waals surface area contributed by atoms with Crippen molar-refractivity contribution >= 4 is 104 Å². The van der Waals surface area contributed by atoms with E-state index in [0.29, 0.717) is 15.5 Å². The Balaban J connectivity index is 1.30. The van der Waals surface area contributed by atoms with Gasteiger partial charge in [-0.1, -0.05) is 0 Å². The van der Waals surface area contributed by atoms with Gasteiger partial charge in [0.15, 0.2) is 35.1 Å². The summed E-state index contributed by atoms with van der Waals surface area (Å²) in [7, 11) is -54.9. The lowest BCUT2D eigenvalue weighted by molar-refractivity contribution is -0.0506. The molecular weight excluding hydrogens is 1240 g/mol. The number of phosphoric ester groups is 4. The van der Waals surface area contributed by atoms with Crippen molar-refractivity contribution in [1.82, 2.24) is 38.6 Å². The number of aromatic nitrogens is 8. The lowest BCUT2D eigenvalue weighted by Crippen LogP contribution is -2.37. The van der Waals surface area contributed by atoms with Crippen LogP contribution in [0.1, 0.15) is 12.5 Å². The van der Waals surface area contributed by atoms with E-state index in [1.807, 2.05) is 0 Å². The van der Waals surface area contributed by atoms with E-state index in [-0.39, 0.29) is 17.0 Å². The molecule has 15 atom stereocenters. The molecule has 7 unspecified atom stereocenters. The predicted molar refractivity (Wildman–Crippen MR) is 233 cm³/mol. The second-order valence-electron chi connectivity index (χ2n) is 14.5. The summed E-state index contributed by atoms with van der Waals surface area (Å²) < 4.78 is 167. The fraction of sp³-hybridized carbons (Fsp3) is 0.545. The molecular formula is C22H37N10O35P9. The molecule has 4 aromatic heterocycles. The minimum Gasteiger partial charge on any atom is -0.387 e. The topological polar surface area (TPSA) is 662 Å². The number of phosphoric acid groups is 9. The fourth-order valence-corrected chi connectivity index (χ4v) is 16.4. The summed E-state index contributed by atoms with van der Waals surface area (Å²) in [5, 5.41) is 24.1. The maximum absolute atomic E-state index is 13.7. The van der Waals surface area contributed by atoms with Crippen LogP contribution < -0.4 is 16.6 Å². The average Bonchev–Trinajstić information content (AvgIpc) is 3.98. The van der Waals surface area contributed by atoms with Crippen LogP contribution in [-0.2, 0) is 102 Å².